The SMILES string of the molecule is COc1ccc(NC(N)=NCCc2ccc(OCC(C)C)cc2)cc1OC. The maximum atomic E-state index is 5.97. The van der Waals surface area contributed by atoms with Crippen LogP contribution < -0.4 is 25.3 Å². The van der Waals surface area contributed by atoms with Crippen molar-refractivity contribution in [3.8, 4) is 17.2 Å². The molecule has 0 bridgehead atoms. The summed E-state index contributed by atoms with van der Waals surface area (Å²) >= 11 is 0. The van der Waals surface area contributed by atoms with E-state index in [2.05, 4.69) is 36.3 Å². The summed E-state index contributed by atoms with van der Waals surface area (Å²) in [6, 6.07) is 13.6. The highest BCUT2D eigenvalue weighted by Crippen LogP contribution is 2.29. The molecule has 0 aromatic heterocycles. The lowest BCUT2D eigenvalue weighted by atomic mass is 10.1. The Balaban J connectivity index is 1.85. The van der Waals surface area contributed by atoms with Crippen LogP contribution in [0.25, 0.3) is 0 Å². The summed E-state index contributed by atoms with van der Waals surface area (Å²) in [5.74, 6) is 3.07. The minimum absolute atomic E-state index is 0.360. The van der Waals surface area contributed by atoms with Crippen molar-refractivity contribution in [2.45, 2.75) is 20.3 Å². The summed E-state index contributed by atoms with van der Waals surface area (Å²) in [5.41, 5.74) is 7.95. The van der Waals surface area contributed by atoms with Crippen LogP contribution in [0.15, 0.2) is 47.5 Å². The van der Waals surface area contributed by atoms with Crippen molar-refractivity contribution < 1.29 is 14.2 Å². The van der Waals surface area contributed by atoms with Gasteiger partial charge in [0, 0.05) is 18.3 Å². The standard InChI is InChI=1S/C21H29N3O3/c1-15(2)14-27-18-8-5-16(6-9-18)11-12-23-21(22)24-17-7-10-19(25-3)20(13-17)26-4/h5-10,13,15H,11-12,14H2,1-4H3,(H3,22,23,24). The van der Waals surface area contributed by atoms with E-state index in [-0.39, 0.29) is 0 Å². The number of anilines is 1. The van der Waals surface area contributed by atoms with Crippen molar-refractivity contribution in [3.63, 3.8) is 0 Å². The third-order valence-corrected chi connectivity index (χ3v) is 3.85. The number of aliphatic imine (C=N–C) groups is 1. The van der Waals surface area contributed by atoms with E-state index >= 15 is 0 Å². The van der Waals surface area contributed by atoms with Gasteiger partial charge in [-0.3, -0.25) is 4.99 Å². The third-order valence-electron chi connectivity index (χ3n) is 3.85. The van der Waals surface area contributed by atoms with Crippen molar-refractivity contribution in [1.29, 1.82) is 0 Å². The first kappa shape index (κ1) is 20.4. The molecule has 0 atom stereocenters. The highest BCUT2D eigenvalue weighted by Gasteiger charge is 2.05. The molecule has 2 aromatic carbocycles. The summed E-state index contributed by atoms with van der Waals surface area (Å²) in [4.78, 5) is 4.37. The van der Waals surface area contributed by atoms with Crippen LogP contribution in [-0.4, -0.2) is 33.3 Å². The van der Waals surface area contributed by atoms with Crippen LogP contribution in [-0.2, 0) is 6.42 Å². The second-order valence-corrected chi connectivity index (χ2v) is 6.56. The van der Waals surface area contributed by atoms with Crippen molar-refractivity contribution in [3.05, 3.63) is 48.0 Å². The molecule has 0 heterocycles. The number of nitrogens with zero attached hydrogens (tertiary/aromatic N) is 1. The maximum absolute atomic E-state index is 5.97. The molecular formula is C21H29N3O3. The predicted molar refractivity (Wildman–Crippen MR) is 110 cm³/mol. The Kier molecular flexibility index (Phi) is 7.79. The molecule has 2 aromatic rings. The van der Waals surface area contributed by atoms with Crippen molar-refractivity contribution in [2.24, 2.45) is 16.6 Å². The Bertz CT molecular complexity index is 743. The lowest BCUT2D eigenvalue weighted by Crippen LogP contribution is -2.23. The fraction of sp³-hybridized carbons (Fsp3) is 0.381. The minimum Gasteiger partial charge on any atom is -0.493 e. The number of nitrogens with one attached hydrogen (secondary N) is 1. The summed E-state index contributed by atoms with van der Waals surface area (Å²) in [5, 5.41) is 3.06. The fourth-order valence-electron chi connectivity index (χ4n) is 2.42. The van der Waals surface area contributed by atoms with Crippen LogP contribution in [0.3, 0.4) is 0 Å². The molecule has 0 aliphatic heterocycles. The molecule has 2 rings (SSSR count). The number of nitrogens with two attached hydrogens (primary N) is 1. The van der Waals surface area contributed by atoms with Crippen LogP contribution in [0.4, 0.5) is 5.69 Å². The van der Waals surface area contributed by atoms with E-state index in [0.717, 1.165) is 24.5 Å². The molecule has 6 heteroatoms. The molecule has 0 fully saturated rings. The van der Waals surface area contributed by atoms with E-state index in [0.29, 0.717) is 29.9 Å². The molecule has 146 valence electrons. The predicted octanol–water partition coefficient (Wildman–Crippen LogP) is 3.71. The molecule has 0 amide bonds. The molecule has 0 radical (unpaired) electrons. The van der Waals surface area contributed by atoms with Crippen molar-refractivity contribution in [1.82, 2.24) is 0 Å². The number of methoxy groups -OCH3 is 2. The van der Waals surface area contributed by atoms with Crippen molar-refractivity contribution >= 4 is 11.6 Å². The lowest BCUT2D eigenvalue weighted by molar-refractivity contribution is 0.271. The van der Waals surface area contributed by atoms with E-state index in [1.54, 1.807) is 14.2 Å². The Morgan fingerprint density at radius 2 is 1.74 bits per heavy atom. The lowest BCUT2D eigenvalue weighted by Gasteiger charge is -2.11. The monoisotopic (exact) mass is 371 g/mol. The highest BCUT2D eigenvalue weighted by atomic mass is 16.5. The smallest absolute Gasteiger partial charge is 0.193 e. The minimum atomic E-state index is 0.360. The molecule has 0 aliphatic rings. The molecule has 0 unspecified atom stereocenters. The molecule has 0 spiro atoms. The molecular weight excluding hydrogens is 342 g/mol. The summed E-state index contributed by atoms with van der Waals surface area (Å²) in [7, 11) is 3.20. The number of hydrogen-bond donors (Lipinski definition) is 2. The first-order valence-electron chi connectivity index (χ1n) is 9.02. The van der Waals surface area contributed by atoms with Gasteiger partial charge in [-0.1, -0.05) is 26.0 Å². The Labute approximate surface area is 161 Å². The molecule has 27 heavy (non-hydrogen) atoms. The zero-order valence-electron chi connectivity index (χ0n) is 16.5. The number of benzene rings is 2. The van der Waals surface area contributed by atoms with E-state index < -0.39 is 0 Å². The van der Waals surface area contributed by atoms with Gasteiger partial charge in [0.2, 0.25) is 0 Å². The second-order valence-electron chi connectivity index (χ2n) is 6.56. The fourth-order valence-corrected chi connectivity index (χ4v) is 2.42. The highest BCUT2D eigenvalue weighted by molar-refractivity contribution is 5.92. The van der Waals surface area contributed by atoms with E-state index in [1.807, 2.05) is 30.3 Å². The zero-order chi connectivity index (χ0) is 19.6. The van der Waals surface area contributed by atoms with Gasteiger partial charge in [0.15, 0.2) is 17.5 Å². The van der Waals surface area contributed by atoms with Gasteiger partial charge in [0.05, 0.1) is 20.8 Å². The van der Waals surface area contributed by atoms with E-state index in [9.17, 15) is 0 Å². The Morgan fingerprint density at radius 1 is 1.04 bits per heavy atom. The number of rotatable bonds is 9. The quantitative estimate of drug-likeness (QED) is 0.519. The first-order valence-corrected chi connectivity index (χ1v) is 9.02. The van der Waals surface area contributed by atoms with Crippen LogP contribution in [0.2, 0.25) is 0 Å². The molecule has 0 saturated heterocycles. The van der Waals surface area contributed by atoms with Gasteiger partial charge in [0.25, 0.3) is 0 Å². The van der Waals surface area contributed by atoms with Gasteiger partial charge in [-0.2, -0.15) is 0 Å². The van der Waals surface area contributed by atoms with Gasteiger partial charge >= 0.3 is 0 Å². The Morgan fingerprint density at radius 3 is 2.37 bits per heavy atom. The molecule has 0 saturated carbocycles. The van der Waals surface area contributed by atoms with Gasteiger partial charge in [-0.15, -0.1) is 0 Å². The Hall–Kier alpha value is -2.89. The third kappa shape index (κ3) is 6.73. The maximum Gasteiger partial charge on any atom is 0.193 e. The van der Waals surface area contributed by atoms with Crippen molar-refractivity contribution in [2.75, 3.05) is 32.7 Å². The molecule has 0 aliphatic carbocycles. The van der Waals surface area contributed by atoms with Gasteiger partial charge in [-0.05, 0) is 42.2 Å². The number of ether oxygens (including phenoxy) is 3. The van der Waals surface area contributed by atoms with E-state index in [1.165, 1.54) is 5.56 Å². The van der Waals surface area contributed by atoms with Crippen LogP contribution in [0, 0.1) is 5.92 Å². The molecule has 3 N–H and O–H groups in total. The number of guanidine groups is 1. The van der Waals surface area contributed by atoms with Crippen LogP contribution in [0.5, 0.6) is 17.2 Å². The molecule has 6 nitrogen and oxygen atoms in total. The largest absolute Gasteiger partial charge is 0.493 e. The van der Waals surface area contributed by atoms with Crippen LogP contribution in [0.1, 0.15) is 19.4 Å². The summed E-state index contributed by atoms with van der Waals surface area (Å²) < 4.78 is 16.2. The average molecular weight is 371 g/mol. The second kappa shape index (κ2) is 10.3. The average Bonchev–Trinajstić information content (AvgIpc) is 2.67. The van der Waals surface area contributed by atoms with Gasteiger partial charge < -0.3 is 25.3 Å². The van der Waals surface area contributed by atoms with Gasteiger partial charge in [-0.25, -0.2) is 0 Å². The topological polar surface area (TPSA) is 78.1 Å². The first-order chi connectivity index (χ1) is 13.0. The number of hydrogen-bond acceptors (Lipinski definition) is 4. The van der Waals surface area contributed by atoms with Crippen LogP contribution >= 0.6 is 0 Å². The summed E-state index contributed by atoms with van der Waals surface area (Å²) in [6.45, 7) is 5.58. The summed E-state index contributed by atoms with van der Waals surface area (Å²) in [6.07, 6.45) is 0.804. The zero-order valence-corrected chi connectivity index (χ0v) is 16.5. The normalized spacial score (nSPS) is 11.4. The van der Waals surface area contributed by atoms with Gasteiger partial charge in [0.1, 0.15) is 5.75 Å². The van der Waals surface area contributed by atoms with E-state index in [4.69, 9.17) is 19.9 Å².